The number of rotatable bonds is 5. The largest absolute Gasteiger partial charge is 0.495 e. The van der Waals surface area contributed by atoms with Crippen LogP contribution in [-0.4, -0.2) is 65.5 Å². The zero-order chi connectivity index (χ0) is 21.3. The molecule has 11 heteroatoms. The fourth-order valence-corrected chi connectivity index (χ4v) is 5.11. The zero-order valence-corrected chi connectivity index (χ0v) is 18.1. The quantitative estimate of drug-likeness (QED) is 0.590. The summed E-state index contributed by atoms with van der Waals surface area (Å²) in [7, 11) is -2.16. The highest BCUT2D eigenvalue weighted by Crippen LogP contribution is 2.29. The van der Waals surface area contributed by atoms with E-state index in [-0.39, 0.29) is 9.92 Å². The van der Waals surface area contributed by atoms with Crippen LogP contribution in [0.3, 0.4) is 0 Å². The summed E-state index contributed by atoms with van der Waals surface area (Å²) in [5.41, 5.74) is 0. The summed E-state index contributed by atoms with van der Waals surface area (Å²) in [6, 6.07) is 6.37. The van der Waals surface area contributed by atoms with Crippen molar-refractivity contribution in [3.8, 4) is 11.6 Å². The number of methoxy groups -OCH3 is 1. The van der Waals surface area contributed by atoms with Gasteiger partial charge in [0.2, 0.25) is 10.0 Å². The molecule has 4 rings (SSSR count). The lowest BCUT2D eigenvalue weighted by Crippen LogP contribution is -2.49. The van der Waals surface area contributed by atoms with Gasteiger partial charge in [-0.05, 0) is 25.1 Å². The van der Waals surface area contributed by atoms with Crippen LogP contribution in [0.5, 0.6) is 5.75 Å². The van der Waals surface area contributed by atoms with E-state index in [9.17, 15) is 8.42 Å². The van der Waals surface area contributed by atoms with Gasteiger partial charge in [-0.15, -0.1) is 0 Å². The van der Waals surface area contributed by atoms with Crippen molar-refractivity contribution >= 4 is 27.4 Å². The summed E-state index contributed by atoms with van der Waals surface area (Å²) in [4.78, 5) is 15.2. The lowest BCUT2D eigenvalue weighted by Gasteiger charge is -2.34. The predicted octanol–water partition coefficient (Wildman–Crippen LogP) is 2.14. The highest BCUT2D eigenvalue weighted by atomic mass is 35.5. The molecule has 0 atom stereocenters. The number of anilines is 1. The number of halogens is 1. The minimum atomic E-state index is -3.65. The maximum Gasteiger partial charge on any atom is 0.243 e. The number of aromatic nitrogens is 4. The van der Waals surface area contributed by atoms with Gasteiger partial charge >= 0.3 is 0 Å². The molecular formula is C19H21ClN6O3S. The molecule has 1 fully saturated rings. The van der Waals surface area contributed by atoms with Crippen LogP contribution in [0, 0.1) is 6.92 Å². The standard InChI is InChI=1S/C19H21ClN6O3S/c1-14-22-18(12-19(23-14)25-6-5-21-13-25)24-7-9-26(10-8-24)30(27,28)15-3-4-17(29-2)16(20)11-15/h3-6,11-13H,7-10H2,1-2H3. The van der Waals surface area contributed by atoms with Gasteiger partial charge in [-0.2, -0.15) is 4.31 Å². The van der Waals surface area contributed by atoms with Gasteiger partial charge in [0, 0.05) is 44.6 Å². The Balaban J connectivity index is 1.51. The van der Waals surface area contributed by atoms with Gasteiger partial charge in [-0.3, -0.25) is 4.57 Å². The van der Waals surface area contributed by atoms with E-state index in [0.29, 0.717) is 37.8 Å². The molecule has 0 radical (unpaired) electrons. The smallest absolute Gasteiger partial charge is 0.243 e. The molecule has 0 unspecified atom stereocenters. The molecule has 1 saturated heterocycles. The average Bonchev–Trinajstić information content (AvgIpc) is 3.28. The third-order valence-electron chi connectivity index (χ3n) is 4.90. The molecule has 1 aliphatic heterocycles. The number of ether oxygens (including phenoxy) is 1. The van der Waals surface area contributed by atoms with Crippen LogP contribution in [0.25, 0.3) is 5.82 Å². The first-order valence-electron chi connectivity index (χ1n) is 9.31. The van der Waals surface area contributed by atoms with Crippen LogP contribution in [0.1, 0.15) is 5.82 Å². The van der Waals surface area contributed by atoms with Crippen LogP contribution < -0.4 is 9.64 Å². The fraction of sp³-hybridized carbons (Fsp3) is 0.316. The normalized spacial score (nSPS) is 15.4. The Hall–Kier alpha value is -2.69. The van der Waals surface area contributed by atoms with Crippen LogP contribution in [-0.2, 0) is 10.0 Å². The summed E-state index contributed by atoms with van der Waals surface area (Å²) in [5, 5.41) is 0.265. The number of piperazine rings is 1. The van der Waals surface area contributed by atoms with Gasteiger partial charge in [-0.1, -0.05) is 11.6 Å². The third kappa shape index (κ3) is 3.98. The van der Waals surface area contributed by atoms with Crippen molar-refractivity contribution in [1.82, 2.24) is 23.8 Å². The topological polar surface area (TPSA) is 93.5 Å². The first kappa shape index (κ1) is 20.6. The number of sulfonamides is 1. The van der Waals surface area contributed by atoms with Crippen molar-refractivity contribution in [1.29, 1.82) is 0 Å². The van der Waals surface area contributed by atoms with Gasteiger partial charge in [0.1, 0.15) is 29.5 Å². The Morgan fingerprint density at radius 3 is 2.43 bits per heavy atom. The molecule has 3 aromatic rings. The van der Waals surface area contributed by atoms with E-state index in [1.54, 1.807) is 18.6 Å². The fourth-order valence-electron chi connectivity index (χ4n) is 3.34. The second kappa shape index (κ2) is 8.21. The van der Waals surface area contributed by atoms with Crippen molar-refractivity contribution in [2.45, 2.75) is 11.8 Å². The molecule has 0 aliphatic carbocycles. The average molecular weight is 449 g/mol. The van der Waals surface area contributed by atoms with Crippen LogP contribution in [0.15, 0.2) is 47.9 Å². The van der Waals surface area contributed by atoms with E-state index < -0.39 is 10.0 Å². The summed E-state index contributed by atoms with van der Waals surface area (Å²) < 4.78 is 34.4. The Morgan fingerprint density at radius 2 is 1.80 bits per heavy atom. The summed E-state index contributed by atoms with van der Waals surface area (Å²) in [6.07, 6.45) is 5.18. The molecule has 1 aromatic carbocycles. The van der Waals surface area contributed by atoms with Crippen molar-refractivity contribution in [2.24, 2.45) is 0 Å². The SMILES string of the molecule is COc1ccc(S(=O)(=O)N2CCN(c3cc(-n4ccnc4)nc(C)n3)CC2)cc1Cl. The summed E-state index contributed by atoms with van der Waals surface area (Å²) in [6.45, 7) is 3.55. The van der Waals surface area contributed by atoms with Crippen LogP contribution in [0.4, 0.5) is 5.82 Å². The second-order valence-electron chi connectivity index (χ2n) is 6.79. The van der Waals surface area contributed by atoms with Crippen molar-refractivity contribution < 1.29 is 13.2 Å². The van der Waals surface area contributed by atoms with Gasteiger partial charge in [-0.25, -0.2) is 23.4 Å². The molecule has 0 amide bonds. The summed E-state index contributed by atoms with van der Waals surface area (Å²) in [5.74, 6) is 2.56. The van der Waals surface area contributed by atoms with E-state index >= 15 is 0 Å². The monoisotopic (exact) mass is 448 g/mol. The number of benzene rings is 1. The van der Waals surface area contributed by atoms with Gasteiger partial charge in [0.25, 0.3) is 0 Å². The molecule has 1 aliphatic rings. The Bertz CT molecular complexity index is 1150. The number of nitrogens with zero attached hydrogens (tertiary/aromatic N) is 6. The number of imidazole rings is 1. The number of hydrogen-bond donors (Lipinski definition) is 0. The molecular weight excluding hydrogens is 428 g/mol. The molecule has 0 saturated carbocycles. The maximum atomic E-state index is 13.0. The lowest BCUT2D eigenvalue weighted by atomic mass is 10.3. The molecule has 9 nitrogen and oxygen atoms in total. The molecule has 0 spiro atoms. The Kier molecular flexibility index (Phi) is 5.63. The maximum absolute atomic E-state index is 13.0. The third-order valence-corrected chi connectivity index (χ3v) is 7.09. The Labute approximate surface area is 180 Å². The lowest BCUT2D eigenvalue weighted by molar-refractivity contribution is 0.383. The predicted molar refractivity (Wildman–Crippen MR) is 113 cm³/mol. The van der Waals surface area contributed by atoms with Crippen molar-refractivity contribution in [3.63, 3.8) is 0 Å². The molecule has 2 aromatic heterocycles. The van der Waals surface area contributed by atoms with E-state index in [1.165, 1.54) is 23.5 Å². The highest BCUT2D eigenvalue weighted by molar-refractivity contribution is 7.89. The van der Waals surface area contributed by atoms with Crippen molar-refractivity contribution in [3.05, 3.63) is 53.8 Å². The van der Waals surface area contributed by atoms with Crippen LogP contribution in [0.2, 0.25) is 5.02 Å². The van der Waals surface area contributed by atoms with E-state index in [2.05, 4.69) is 19.9 Å². The van der Waals surface area contributed by atoms with E-state index in [4.69, 9.17) is 16.3 Å². The minimum Gasteiger partial charge on any atom is -0.495 e. The van der Waals surface area contributed by atoms with Crippen molar-refractivity contribution in [2.75, 3.05) is 38.2 Å². The number of aryl methyl sites for hydroxylation is 1. The highest BCUT2D eigenvalue weighted by Gasteiger charge is 2.29. The first-order chi connectivity index (χ1) is 14.4. The molecule has 158 valence electrons. The van der Waals surface area contributed by atoms with Crippen LogP contribution >= 0.6 is 11.6 Å². The van der Waals surface area contributed by atoms with Gasteiger partial charge < -0.3 is 9.64 Å². The van der Waals surface area contributed by atoms with E-state index in [1.807, 2.05) is 23.8 Å². The van der Waals surface area contributed by atoms with Gasteiger partial charge in [0.05, 0.1) is 17.0 Å². The molecule has 3 heterocycles. The Morgan fingerprint density at radius 1 is 1.07 bits per heavy atom. The minimum absolute atomic E-state index is 0.155. The van der Waals surface area contributed by atoms with E-state index in [0.717, 1.165) is 11.6 Å². The molecule has 0 N–H and O–H groups in total. The second-order valence-corrected chi connectivity index (χ2v) is 9.13. The molecule has 0 bridgehead atoms. The molecule has 30 heavy (non-hydrogen) atoms. The summed E-state index contributed by atoms with van der Waals surface area (Å²) >= 11 is 6.11. The number of hydrogen-bond acceptors (Lipinski definition) is 7. The first-order valence-corrected chi connectivity index (χ1v) is 11.1. The van der Waals surface area contributed by atoms with Gasteiger partial charge in [0.15, 0.2) is 0 Å². The zero-order valence-electron chi connectivity index (χ0n) is 16.6.